The molecule has 3 rings (SSSR count). The zero-order valence-electron chi connectivity index (χ0n) is 14.9. The number of hydrogen-bond donors (Lipinski definition) is 1. The van der Waals surface area contributed by atoms with Gasteiger partial charge in [-0.15, -0.1) is 0 Å². The molecule has 0 spiro atoms. The summed E-state index contributed by atoms with van der Waals surface area (Å²) in [5.41, 5.74) is 3.11. The lowest BCUT2D eigenvalue weighted by molar-refractivity contribution is -0.148. The van der Waals surface area contributed by atoms with E-state index in [-0.39, 0.29) is 12.3 Å². The molecular formula is C21H23NO4. The van der Waals surface area contributed by atoms with Crippen LogP contribution in [0.15, 0.2) is 48.5 Å². The van der Waals surface area contributed by atoms with Crippen LogP contribution in [0.3, 0.4) is 0 Å². The first-order valence-electron chi connectivity index (χ1n) is 8.82. The highest BCUT2D eigenvalue weighted by molar-refractivity contribution is 5.85. The van der Waals surface area contributed by atoms with Gasteiger partial charge in [0.1, 0.15) is 18.4 Å². The van der Waals surface area contributed by atoms with E-state index in [1.165, 1.54) is 10.5 Å². The Bertz CT molecular complexity index is 785. The van der Waals surface area contributed by atoms with Gasteiger partial charge in [0.2, 0.25) is 5.91 Å². The van der Waals surface area contributed by atoms with Gasteiger partial charge in [-0.25, -0.2) is 4.79 Å². The molecule has 0 aliphatic carbocycles. The van der Waals surface area contributed by atoms with E-state index in [0.29, 0.717) is 25.3 Å². The van der Waals surface area contributed by atoms with Gasteiger partial charge >= 0.3 is 5.97 Å². The minimum Gasteiger partial charge on any atom is -0.489 e. The quantitative estimate of drug-likeness (QED) is 0.866. The number of amides is 1. The molecule has 1 aliphatic heterocycles. The summed E-state index contributed by atoms with van der Waals surface area (Å²) in [7, 11) is 0. The van der Waals surface area contributed by atoms with Crippen molar-refractivity contribution in [1.29, 1.82) is 0 Å². The highest BCUT2D eigenvalue weighted by atomic mass is 16.5. The van der Waals surface area contributed by atoms with Crippen molar-refractivity contribution in [2.45, 2.75) is 38.8 Å². The van der Waals surface area contributed by atoms with E-state index in [1.54, 1.807) is 0 Å². The summed E-state index contributed by atoms with van der Waals surface area (Å²) in [5.74, 6) is -0.372. The molecule has 1 fully saturated rings. The number of aryl methyl sites for hydroxylation is 1. The van der Waals surface area contributed by atoms with E-state index >= 15 is 0 Å². The van der Waals surface area contributed by atoms with Gasteiger partial charge in [0.15, 0.2) is 0 Å². The molecule has 1 saturated heterocycles. The van der Waals surface area contributed by atoms with Crippen LogP contribution >= 0.6 is 0 Å². The summed E-state index contributed by atoms with van der Waals surface area (Å²) in [6, 6.07) is 14.9. The van der Waals surface area contributed by atoms with Crippen molar-refractivity contribution < 1.29 is 19.4 Å². The molecular weight excluding hydrogens is 330 g/mol. The van der Waals surface area contributed by atoms with Crippen molar-refractivity contribution in [1.82, 2.24) is 4.90 Å². The molecule has 1 N–H and O–H groups in total. The number of hydrogen-bond acceptors (Lipinski definition) is 3. The van der Waals surface area contributed by atoms with E-state index in [9.17, 15) is 14.7 Å². The fourth-order valence-electron chi connectivity index (χ4n) is 3.19. The van der Waals surface area contributed by atoms with Gasteiger partial charge in [-0.2, -0.15) is 0 Å². The van der Waals surface area contributed by atoms with Crippen LogP contribution in [0.5, 0.6) is 5.75 Å². The average Bonchev–Trinajstić information content (AvgIpc) is 3.12. The summed E-state index contributed by atoms with van der Waals surface area (Å²) in [5, 5.41) is 9.22. The second-order valence-corrected chi connectivity index (χ2v) is 6.68. The summed E-state index contributed by atoms with van der Waals surface area (Å²) in [6.45, 7) is 3.02. The minimum atomic E-state index is -0.925. The van der Waals surface area contributed by atoms with Crippen LogP contribution in [0.4, 0.5) is 0 Å². The molecule has 1 amide bonds. The molecule has 1 aliphatic rings. The second-order valence-electron chi connectivity index (χ2n) is 6.68. The average molecular weight is 353 g/mol. The Hall–Kier alpha value is -2.82. The first kappa shape index (κ1) is 18.0. The van der Waals surface area contributed by atoms with Gasteiger partial charge in [0, 0.05) is 6.54 Å². The molecule has 0 radical (unpaired) electrons. The Morgan fingerprint density at radius 2 is 1.92 bits per heavy atom. The largest absolute Gasteiger partial charge is 0.489 e. The highest BCUT2D eigenvalue weighted by Gasteiger charge is 2.33. The van der Waals surface area contributed by atoms with Gasteiger partial charge in [0.05, 0.1) is 6.42 Å². The molecule has 0 aromatic heterocycles. The van der Waals surface area contributed by atoms with E-state index in [4.69, 9.17) is 4.74 Å². The van der Waals surface area contributed by atoms with Crippen molar-refractivity contribution in [3.05, 3.63) is 65.2 Å². The van der Waals surface area contributed by atoms with Crippen molar-refractivity contribution in [2.75, 3.05) is 6.54 Å². The molecule has 0 bridgehead atoms. The number of carbonyl (C=O) groups is 2. The lowest BCUT2D eigenvalue weighted by Gasteiger charge is -2.21. The maximum Gasteiger partial charge on any atom is 0.326 e. The molecule has 1 atom stereocenters. The molecule has 1 unspecified atom stereocenters. The summed E-state index contributed by atoms with van der Waals surface area (Å²) >= 11 is 0. The molecule has 2 aromatic carbocycles. The molecule has 2 aromatic rings. The van der Waals surface area contributed by atoms with Crippen LogP contribution < -0.4 is 4.74 Å². The molecule has 5 nitrogen and oxygen atoms in total. The van der Waals surface area contributed by atoms with E-state index in [0.717, 1.165) is 17.5 Å². The number of rotatable bonds is 6. The summed E-state index contributed by atoms with van der Waals surface area (Å²) in [6.07, 6.45) is 1.45. The lowest BCUT2D eigenvalue weighted by atomic mass is 10.1. The third kappa shape index (κ3) is 4.42. The number of ether oxygens (including phenoxy) is 1. The van der Waals surface area contributed by atoms with Crippen molar-refractivity contribution >= 4 is 11.9 Å². The summed E-state index contributed by atoms with van der Waals surface area (Å²) < 4.78 is 5.82. The van der Waals surface area contributed by atoms with E-state index < -0.39 is 12.0 Å². The fourth-order valence-corrected chi connectivity index (χ4v) is 3.19. The van der Waals surface area contributed by atoms with Gasteiger partial charge in [-0.05, 0) is 43.0 Å². The molecule has 136 valence electrons. The van der Waals surface area contributed by atoms with Crippen molar-refractivity contribution in [3.63, 3.8) is 0 Å². The topological polar surface area (TPSA) is 66.8 Å². The van der Waals surface area contributed by atoms with E-state index in [1.807, 2.05) is 55.5 Å². The SMILES string of the molecule is Cc1ccc(COc2cccc(CC(=O)N3CCCC3C(=O)O)c2)cc1. The van der Waals surface area contributed by atoms with Crippen LogP contribution in [0.2, 0.25) is 0 Å². The highest BCUT2D eigenvalue weighted by Crippen LogP contribution is 2.21. The maximum absolute atomic E-state index is 12.5. The Balaban J connectivity index is 1.61. The zero-order valence-corrected chi connectivity index (χ0v) is 14.9. The number of aliphatic carboxylic acids is 1. The predicted molar refractivity (Wildman–Crippen MR) is 98.0 cm³/mol. The van der Waals surface area contributed by atoms with Crippen molar-refractivity contribution in [3.8, 4) is 5.75 Å². The third-order valence-corrected chi connectivity index (χ3v) is 4.64. The fraction of sp³-hybridized carbons (Fsp3) is 0.333. The number of nitrogens with zero attached hydrogens (tertiary/aromatic N) is 1. The Morgan fingerprint density at radius 3 is 2.65 bits per heavy atom. The van der Waals surface area contributed by atoms with Crippen LogP contribution in [-0.2, 0) is 22.6 Å². The third-order valence-electron chi connectivity index (χ3n) is 4.64. The van der Waals surface area contributed by atoms with Crippen LogP contribution in [-0.4, -0.2) is 34.5 Å². The number of carboxylic acids is 1. The number of benzene rings is 2. The van der Waals surface area contributed by atoms with Crippen molar-refractivity contribution in [2.24, 2.45) is 0 Å². The Morgan fingerprint density at radius 1 is 1.15 bits per heavy atom. The van der Waals surface area contributed by atoms with E-state index in [2.05, 4.69) is 0 Å². The number of likely N-dealkylation sites (tertiary alicyclic amines) is 1. The molecule has 26 heavy (non-hydrogen) atoms. The number of carbonyl (C=O) groups excluding carboxylic acids is 1. The van der Waals surface area contributed by atoms with Crippen LogP contribution in [0.1, 0.15) is 29.5 Å². The standard InChI is InChI=1S/C21H23NO4/c1-15-7-9-16(10-8-15)14-26-18-5-2-4-17(12-18)13-20(23)22-11-3-6-19(22)21(24)25/h2,4-5,7-10,12,19H,3,6,11,13-14H2,1H3,(H,24,25). The second kappa shape index (κ2) is 8.04. The van der Waals surface area contributed by atoms with Gasteiger partial charge in [-0.1, -0.05) is 42.0 Å². The monoisotopic (exact) mass is 353 g/mol. The van der Waals surface area contributed by atoms with Crippen LogP contribution in [0, 0.1) is 6.92 Å². The normalized spacial score (nSPS) is 16.5. The molecule has 1 heterocycles. The van der Waals surface area contributed by atoms with Gasteiger partial charge in [-0.3, -0.25) is 4.79 Å². The smallest absolute Gasteiger partial charge is 0.326 e. The molecule has 5 heteroatoms. The predicted octanol–water partition coefficient (Wildman–Crippen LogP) is 3.19. The van der Waals surface area contributed by atoms with Gasteiger partial charge in [0.25, 0.3) is 0 Å². The Kier molecular flexibility index (Phi) is 5.56. The first-order chi connectivity index (χ1) is 12.5. The minimum absolute atomic E-state index is 0.148. The molecule has 0 saturated carbocycles. The maximum atomic E-state index is 12.5. The Labute approximate surface area is 153 Å². The zero-order chi connectivity index (χ0) is 18.5. The number of carboxylic acid groups (broad SMARTS) is 1. The van der Waals surface area contributed by atoms with Gasteiger partial charge < -0.3 is 14.7 Å². The summed E-state index contributed by atoms with van der Waals surface area (Å²) in [4.78, 5) is 25.2. The first-order valence-corrected chi connectivity index (χ1v) is 8.82. The lowest BCUT2D eigenvalue weighted by Crippen LogP contribution is -2.41. The van der Waals surface area contributed by atoms with Crippen LogP contribution in [0.25, 0.3) is 0 Å².